The van der Waals surface area contributed by atoms with Gasteiger partial charge in [-0.3, -0.25) is 9.89 Å². The fourth-order valence-corrected chi connectivity index (χ4v) is 6.29. The van der Waals surface area contributed by atoms with E-state index in [0.29, 0.717) is 5.95 Å². The average molecular weight is 577 g/mol. The van der Waals surface area contributed by atoms with E-state index in [1.807, 2.05) is 11.8 Å². The lowest BCUT2D eigenvalue weighted by Crippen LogP contribution is -2.48. The van der Waals surface area contributed by atoms with Gasteiger partial charge in [-0.1, -0.05) is 53.4 Å². The normalized spacial score (nSPS) is 17.1. The van der Waals surface area contributed by atoms with Crippen molar-refractivity contribution in [3.63, 3.8) is 0 Å². The molecule has 2 heterocycles. The average Bonchev–Trinajstić information content (AvgIpc) is 3.07. The highest BCUT2D eigenvalue weighted by molar-refractivity contribution is 8.14. The lowest BCUT2D eigenvalue weighted by Gasteiger charge is -2.36. The van der Waals surface area contributed by atoms with Crippen LogP contribution in [0.3, 0.4) is 0 Å². The van der Waals surface area contributed by atoms with Crippen LogP contribution in [0.2, 0.25) is 0 Å². The van der Waals surface area contributed by atoms with Crippen LogP contribution in [-0.2, 0) is 0 Å². The lowest BCUT2D eigenvalue weighted by molar-refractivity contribution is 0.121. The van der Waals surface area contributed by atoms with Crippen molar-refractivity contribution < 1.29 is 0 Å². The van der Waals surface area contributed by atoms with E-state index in [4.69, 9.17) is 19.9 Å². The third-order valence-electron chi connectivity index (χ3n) is 8.03. The molecule has 2 rings (SSSR count). The summed E-state index contributed by atoms with van der Waals surface area (Å²) < 4.78 is 0. The largest absolute Gasteiger partial charge is 0.352 e. The molecule has 0 aliphatic carbocycles. The van der Waals surface area contributed by atoms with Crippen LogP contribution in [-0.4, -0.2) is 81.1 Å². The van der Waals surface area contributed by atoms with E-state index in [2.05, 4.69) is 89.4 Å². The van der Waals surface area contributed by atoms with Gasteiger partial charge in [0.25, 0.3) is 0 Å². The topological polar surface area (TPSA) is 72.8 Å². The number of nitrogens with one attached hydrogen (secondary N) is 1. The number of aromatic nitrogens is 3. The van der Waals surface area contributed by atoms with Crippen LogP contribution in [0.25, 0.3) is 0 Å². The molecular weight excluding hydrogens is 516 g/mol. The minimum absolute atomic E-state index is 0.0380. The zero-order valence-corrected chi connectivity index (χ0v) is 28.3. The standard InChI is InChI=1S/C31H60N8S/c1-11-15-20-38(21-16-12-2)28-33-27(34-29(35-28)39(22-17-13-3)23-18-14-4)32-25(5)19-24-40-26-30(6,7)37(10)31(8,9)36-26/h25H,11-24H2,1-10H3,(H,32,33,34,35). The minimum atomic E-state index is -0.157. The van der Waals surface area contributed by atoms with E-state index >= 15 is 0 Å². The summed E-state index contributed by atoms with van der Waals surface area (Å²) in [5, 5.41) is 4.87. The molecule has 1 atom stereocenters. The van der Waals surface area contributed by atoms with Crippen LogP contribution in [0, 0.1) is 0 Å². The summed E-state index contributed by atoms with van der Waals surface area (Å²) in [6, 6.07) is 0.242. The Balaban J connectivity index is 2.23. The highest BCUT2D eigenvalue weighted by Crippen LogP contribution is 2.37. The maximum Gasteiger partial charge on any atom is 0.231 e. The van der Waals surface area contributed by atoms with Gasteiger partial charge in [0.05, 0.1) is 10.6 Å². The first-order valence-electron chi connectivity index (χ1n) is 16.0. The Kier molecular flexibility index (Phi) is 14.5. The lowest BCUT2D eigenvalue weighted by atomic mass is 10.0. The molecule has 1 aliphatic rings. The number of rotatable bonds is 19. The van der Waals surface area contributed by atoms with Crippen LogP contribution in [0.5, 0.6) is 0 Å². The molecule has 0 bridgehead atoms. The zero-order valence-electron chi connectivity index (χ0n) is 27.5. The van der Waals surface area contributed by atoms with Gasteiger partial charge in [0, 0.05) is 38.0 Å². The molecule has 0 amide bonds. The Bertz CT molecular complexity index is 849. The van der Waals surface area contributed by atoms with Crippen molar-refractivity contribution in [2.45, 2.75) is 137 Å². The fraction of sp³-hybridized carbons (Fsp3) is 0.871. The summed E-state index contributed by atoms with van der Waals surface area (Å²) in [4.78, 5) is 27.2. The second kappa shape index (κ2) is 16.7. The summed E-state index contributed by atoms with van der Waals surface area (Å²) >= 11 is 1.89. The molecular formula is C31H60N8S. The number of aliphatic imine (C=N–C) groups is 1. The summed E-state index contributed by atoms with van der Waals surface area (Å²) in [5.74, 6) is 3.35. The smallest absolute Gasteiger partial charge is 0.231 e. The molecule has 0 radical (unpaired) electrons. The Morgan fingerprint density at radius 1 is 0.775 bits per heavy atom. The maximum absolute atomic E-state index is 5.07. The van der Waals surface area contributed by atoms with Gasteiger partial charge in [-0.2, -0.15) is 15.0 Å². The quantitative estimate of drug-likeness (QED) is 0.182. The molecule has 1 aromatic heterocycles. The Hall–Kier alpha value is -1.61. The van der Waals surface area contributed by atoms with Gasteiger partial charge >= 0.3 is 0 Å². The monoisotopic (exact) mass is 576 g/mol. The molecule has 40 heavy (non-hydrogen) atoms. The van der Waals surface area contributed by atoms with Gasteiger partial charge in [0.2, 0.25) is 17.8 Å². The first-order valence-corrected chi connectivity index (χ1v) is 17.0. The molecule has 1 N–H and O–H groups in total. The van der Waals surface area contributed by atoms with Crippen molar-refractivity contribution in [3.8, 4) is 0 Å². The maximum atomic E-state index is 5.07. The first kappa shape index (κ1) is 34.6. The van der Waals surface area contributed by atoms with E-state index in [1.165, 1.54) is 5.04 Å². The van der Waals surface area contributed by atoms with Gasteiger partial charge in [0.15, 0.2) is 0 Å². The Morgan fingerprint density at radius 3 is 1.60 bits per heavy atom. The zero-order chi connectivity index (χ0) is 29.8. The second-order valence-corrected chi connectivity index (χ2v) is 13.4. The van der Waals surface area contributed by atoms with Gasteiger partial charge in [-0.25, -0.2) is 0 Å². The van der Waals surface area contributed by atoms with Gasteiger partial charge in [-0.05, 0) is 73.8 Å². The van der Waals surface area contributed by atoms with Crippen molar-refractivity contribution >= 4 is 34.7 Å². The molecule has 1 aliphatic heterocycles. The van der Waals surface area contributed by atoms with Crippen LogP contribution < -0.4 is 15.1 Å². The molecule has 0 aromatic carbocycles. The van der Waals surface area contributed by atoms with Crippen molar-refractivity contribution in [3.05, 3.63) is 0 Å². The number of hydrogen-bond donors (Lipinski definition) is 1. The molecule has 0 saturated heterocycles. The predicted molar refractivity (Wildman–Crippen MR) is 177 cm³/mol. The summed E-state index contributed by atoms with van der Waals surface area (Å²) in [6.07, 6.45) is 10.2. The number of unbranched alkanes of at least 4 members (excludes halogenated alkanes) is 4. The molecule has 8 nitrogen and oxygen atoms in total. The molecule has 0 saturated carbocycles. The molecule has 1 unspecified atom stereocenters. The fourth-order valence-electron chi connectivity index (χ4n) is 4.84. The Morgan fingerprint density at radius 2 is 1.23 bits per heavy atom. The third kappa shape index (κ3) is 10.0. The SMILES string of the molecule is CCCCN(CCCC)c1nc(NC(C)CCSC2=NC(C)(C)N(C)C2(C)C)nc(N(CCCC)CCCC)n1. The highest BCUT2D eigenvalue weighted by Gasteiger charge is 2.44. The molecule has 0 spiro atoms. The van der Waals surface area contributed by atoms with Gasteiger partial charge in [-0.15, -0.1) is 11.8 Å². The van der Waals surface area contributed by atoms with Gasteiger partial charge in [0.1, 0.15) is 5.66 Å². The van der Waals surface area contributed by atoms with Gasteiger partial charge < -0.3 is 15.1 Å². The van der Waals surface area contributed by atoms with E-state index in [1.54, 1.807) is 0 Å². The highest BCUT2D eigenvalue weighted by atomic mass is 32.2. The summed E-state index contributed by atoms with van der Waals surface area (Å²) in [5.41, 5.74) is -0.194. The molecule has 9 heteroatoms. The van der Waals surface area contributed by atoms with Crippen LogP contribution >= 0.6 is 11.8 Å². The number of thioether (sulfide) groups is 1. The number of anilines is 3. The van der Waals surface area contributed by atoms with E-state index in [0.717, 1.165) is 102 Å². The van der Waals surface area contributed by atoms with Crippen LogP contribution in [0.4, 0.5) is 17.8 Å². The van der Waals surface area contributed by atoms with E-state index in [9.17, 15) is 0 Å². The molecule has 230 valence electrons. The second-order valence-electron chi connectivity index (χ2n) is 12.4. The third-order valence-corrected chi connectivity index (χ3v) is 9.33. The number of hydrogen-bond acceptors (Lipinski definition) is 9. The molecule has 1 aromatic rings. The number of nitrogens with zero attached hydrogens (tertiary/aromatic N) is 7. The Labute approximate surface area is 250 Å². The van der Waals surface area contributed by atoms with Crippen molar-refractivity contribution in [1.29, 1.82) is 0 Å². The first-order chi connectivity index (χ1) is 19.0. The van der Waals surface area contributed by atoms with E-state index < -0.39 is 0 Å². The minimum Gasteiger partial charge on any atom is -0.352 e. The van der Waals surface area contributed by atoms with Crippen LogP contribution in [0.15, 0.2) is 4.99 Å². The molecule has 0 fully saturated rings. The van der Waals surface area contributed by atoms with Crippen molar-refractivity contribution in [1.82, 2.24) is 19.9 Å². The summed E-state index contributed by atoms with van der Waals surface area (Å²) in [6.45, 7) is 24.1. The predicted octanol–water partition coefficient (Wildman–Crippen LogP) is 7.47. The van der Waals surface area contributed by atoms with Crippen molar-refractivity contribution in [2.24, 2.45) is 4.99 Å². The summed E-state index contributed by atoms with van der Waals surface area (Å²) in [7, 11) is 2.17. The van der Waals surface area contributed by atoms with E-state index in [-0.39, 0.29) is 17.2 Å². The van der Waals surface area contributed by atoms with Crippen LogP contribution in [0.1, 0.15) is 120 Å². The van der Waals surface area contributed by atoms with Crippen molar-refractivity contribution in [2.75, 3.05) is 54.1 Å².